The van der Waals surface area contributed by atoms with Gasteiger partial charge in [0.1, 0.15) is 5.52 Å². The van der Waals surface area contributed by atoms with Gasteiger partial charge in [-0.3, -0.25) is 0 Å². The van der Waals surface area contributed by atoms with E-state index in [0.717, 1.165) is 43.0 Å². The Hall–Kier alpha value is -1.62. The molecule has 3 rings (SSSR count). The maximum Gasteiger partial charge on any atom is 0.158 e. The molecule has 1 aromatic heterocycles. The highest BCUT2D eigenvalue weighted by Crippen LogP contribution is 2.24. The third kappa shape index (κ3) is 1.45. The van der Waals surface area contributed by atoms with Crippen LogP contribution in [0.4, 0.5) is 5.69 Å². The largest absolute Gasteiger partial charge is 0.378 e. The van der Waals surface area contributed by atoms with E-state index < -0.39 is 0 Å². The molecule has 0 saturated carbocycles. The van der Waals surface area contributed by atoms with Gasteiger partial charge in [-0.1, -0.05) is 6.07 Å². The first-order valence-electron chi connectivity index (χ1n) is 4.99. The highest BCUT2D eigenvalue weighted by molar-refractivity contribution is 5.87. The van der Waals surface area contributed by atoms with Crippen molar-refractivity contribution in [2.75, 3.05) is 31.2 Å². The zero-order valence-electron chi connectivity index (χ0n) is 8.22. The molecule has 78 valence electrons. The summed E-state index contributed by atoms with van der Waals surface area (Å²) in [5.74, 6) is 0. The van der Waals surface area contributed by atoms with Crippen LogP contribution in [0, 0.1) is 0 Å². The second kappa shape index (κ2) is 3.51. The Bertz CT molecular complexity index is 462. The second-order valence-electron chi connectivity index (χ2n) is 3.51. The fourth-order valence-corrected chi connectivity index (χ4v) is 1.85. The topological polar surface area (TPSA) is 51.4 Å². The summed E-state index contributed by atoms with van der Waals surface area (Å²) in [6.45, 7) is 3.32. The molecule has 1 aliphatic heterocycles. The highest BCUT2D eigenvalue weighted by atomic mass is 16.6. The number of anilines is 1. The highest BCUT2D eigenvalue weighted by Gasteiger charge is 2.15. The smallest absolute Gasteiger partial charge is 0.158 e. The SMILES string of the molecule is c1cc(N2CCOCC2)c2nonc2c1. The van der Waals surface area contributed by atoms with Gasteiger partial charge in [0.2, 0.25) is 0 Å². The standard InChI is InChI=1S/C10H11N3O2/c1-2-8-10(12-15-11-8)9(3-1)13-4-6-14-7-5-13/h1-3H,4-7H2. The minimum atomic E-state index is 0.766. The van der Waals surface area contributed by atoms with Crippen molar-refractivity contribution in [2.45, 2.75) is 0 Å². The van der Waals surface area contributed by atoms with Crippen LogP contribution in [0.25, 0.3) is 11.0 Å². The van der Waals surface area contributed by atoms with Gasteiger partial charge < -0.3 is 9.64 Å². The molecule has 0 radical (unpaired) electrons. The van der Waals surface area contributed by atoms with Crippen LogP contribution in [0.15, 0.2) is 22.8 Å². The van der Waals surface area contributed by atoms with Crippen LogP contribution in [0.3, 0.4) is 0 Å². The molecule has 5 heteroatoms. The Morgan fingerprint density at radius 1 is 1.13 bits per heavy atom. The second-order valence-corrected chi connectivity index (χ2v) is 3.51. The molecule has 5 nitrogen and oxygen atoms in total. The van der Waals surface area contributed by atoms with Crippen LogP contribution in [-0.2, 0) is 4.74 Å². The van der Waals surface area contributed by atoms with Gasteiger partial charge in [-0.05, 0) is 22.4 Å². The number of ether oxygens (including phenoxy) is 1. The summed E-state index contributed by atoms with van der Waals surface area (Å²) < 4.78 is 10.1. The minimum absolute atomic E-state index is 0.766. The number of rotatable bonds is 1. The third-order valence-corrected chi connectivity index (χ3v) is 2.62. The zero-order valence-corrected chi connectivity index (χ0v) is 8.22. The van der Waals surface area contributed by atoms with Crippen LogP contribution in [0.5, 0.6) is 0 Å². The Balaban J connectivity index is 2.05. The molecule has 0 bridgehead atoms. The first-order valence-corrected chi connectivity index (χ1v) is 4.99. The lowest BCUT2D eigenvalue weighted by molar-refractivity contribution is 0.123. The third-order valence-electron chi connectivity index (χ3n) is 2.62. The lowest BCUT2D eigenvalue weighted by Crippen LogP contribution is -2.36. The minimum Gasteiger partial charge on any atom is -0.378 e. The maximum absolute atomic E-state index is 5.31. The lowest BCUT2D eigenvalue weighted by Gasteiger charge is -2.28. The molecule has 1 aromatic carbocycles. The summed E-state index contributed by atoms with van der Waals surface area (Å²) in [7, 11) is 0. The van der Waals surface area contributed by atoms with E-state index in [1.807, 2.05) is 18.2 Å². The lowest BCUT2D eigenvalue weighted by atomic mass is 10.2. The van der Waals surface area contributed by atoms with Crippen molar-refractivity contribution in [3.05, 3.63) is 18.2 Å². The molecule has 0 spiro atoms. The van der Waals surface area contributed by atoms with E-state index in [0.29, 0.717) is 0 Å². The van der Waals surface area contributed by atoms with E-state index in [1.54, 1.807) is 0 Å². The fraction of sp³-hybridized carbons (Fsp3) is 0.400. The summed E-state index contributed by atoms with van der Waals surface area (Å²) in [6.07, 6.45) is 0. The normalized spacial score (nSPS) is 17.2. The van der Waals surface area contributed by atoms with Crippen LogP contribution in [0.2, 0.25) is 0 Å². The van der Waals surface area contributed by atoms with Gasteiger partial charge in [-0.25, -0.2) is 4.63 Å². The fourth-order valence-electron chi connectivity index (χ4n) is 1.85. The Morgan fingerprint density at radius 2 is 2.00 bits per heavy atom. The molecule has 1 saturated heterocycles. The van der Waals surface area contributed by atoms with Gasteiger partial charge >= 0.3 is 0 Å². The van der Waals surface area contributed by atoms with Crippen molar-refractivity contribution in [3.63, 3.8) is 0 Å². The molecule has 1 aliphatic rings. The molecule has 0 unspecified atom stereocenters. The summed E-state index contributed by atoms with van der Waals surface area (Å²) >= 11 is 0. The van der Waals surface area contributed by atoms with Gasteiger partial charge in [0.05, 0.1) is 18.9 Å². The number of aromatic nitrogens is 2. The summed E-state index contributed by atoms with van der Waals surface area (Å²) in [6, 6.07) is 5.91. The van der Waals surface area contributed by atoms with E-state index in [2.05, 4.69) is 15.2 Å². The summed E-state index contributed by atoms with van der Waals surface area (Å²) in [5, 5.41) is 7.76. The molecular formula is C10H11N3O2. The number of benzene rings is 1. The molecule has 0 N–H and O–H groups in total. The average Bonchev–Trinajstić information content (AvgIpc) is 2.78. The molecule has 1 fully saturated rings. The van der Waals surface area contributed by atoms with E-state index in [4.69, 9.17) is 9.37 Å². The van der Waals surface area contributed by atoms with Crippen molar-refractivity contribution in [1.82, 2.24) is 10.3 Å². The number of fused-ring (bicyclic) bond motifs is 1. The van der Waals surface area contributed by atoms with Crippen molar-refractivity contribution in [3.8, 4) is 0 Å². The van der Waals surface area contributed by atoms with Gasteiger partial charge in [-0.2, -0.15) is 0 Å². The predicted octanol–water partition coefficient (Wildman–Crippen LogP) is 1.06. The molecule has 2 heterocycles. The van der Waals surface area contributed by atoms with E-state index in [1.165, 1.54) is 0 Å². The van der Waals surface area contributed by atoms with Crippen LogP contribution in [0.1, 0.15) is 0 Å². The predicted molar refractivity (Wildman–Crippen MR) is 54.8 cm³/mol. The number of hydrogen-bond donors (Lipinski definition) is 0. The molecule has 15 heavy (non-hydrogen) atoms. The molecule has 0 amide bonds. The van der Waals surface area contributed by atoms with Crippen molar-refractivity contribution >= 4 is 16.7 Å². The van der Waals surface area contributed by atoms with Gasteiger partial charge in [0, 0.05) is 13.1 Å². The van der Waals surface area contributed by atoms with E-state index in [-0.39, 0.29) is 0 Å². The van der Waals surface area contributed by atoms with Crippen molar-refractivity contribution < 1.29 is 9.37 Å². The van der Waals surface area contributed by atoms with E-state index in [9.17, 15) is 0 Å². The molecular weight excluding hydrogens is 194 g/mol. The molecule has 0 aliphatic carbocycles. The quantitative estimate of drug-likeness (QED) is 0.696. The van der Waals surface area contributed by atoms with Crippen LogP contribution < -0.4 is 4.90 Å². The van der Waals surface area contributed by atoms with Gasteiger partial charge in [-0.15, -0.1) is 0 Å². The zero-order chi connectivity index (χ0) is 10.1. The average molecular weight is 205 g/mol. The Labute approximate surface area is 86.6 Å². The number of nitrogens with zero attached hydrogens (tertiary/aromatic N) is 3. The maximum atomic E-state index is 5.31. The first-order chi connectivity index (χ1) is 7.45. The van der Waals surface area contributed by atoms with Gasteiger partial charge in [0.15, 0.2) is 5.52 Å². The number of morpholine rings is 1. The van der Waals surface area contributed by atoms with Gasteiger partial charge in [0.25, 0.3) is 0 Å². The Morgan fingerprint density at radius 3 is 2.87 bits per heavy atom. The number of hydrogen-bond acceptors (Lipinski definition) is 5. The van der Waals surface area contributed by atoms with E-state index >= 15 is 0 Å². The van der Waals surface area contributed by atoms with Crippen LogP contribution in [-0.4, -0.2) is 36.6 Å². The molecule has 2 aromatic rings. The molecule has 0 atom stereocenters. The van der Waals surface area contributed by atoms with Crippen molar-refractivity contribution in [2.24, 2.45) is 0 Å². The first kappa shape index (κ1) is 8.67. The monoisotopic (exact) mass is 205 g/mol. The summed E-state index contributed by atoms with van der Waals surface area (Å²) in [5.41, 5.74) is 2.72. The Kier molecular flexibility index (Phi) is 2.03. The van der Waals surface area contributed by atoms with Crippen molar-refractivity contribution in [1.29, 1.82) is 0 Å². The summed E-state index contributed by atoms with van der Waals surface area (Å²) in [4.78, 5) is 2.25. The van der Waals surface area contributed by atoms with Crippen LogP contribution >= 0.6 is 0 Å².